The van der Waals surface area contributed by atoms with Gasteiger partial charge in [-0.1, -0.05) is 43.0 Å². The molecule has 0 aromatic rings. The minimum Gasteiger partial charge on any atom is 0 e. The summed E-state index contributed by atoms with van der Waals surface area (Å²) in [5.74, 6) is 0. The third-order valence-corrected chi connectivity index (χ3v) is 1.59. The molecule has 0 saturated carbocycles. The molecule has 0 heterocycles. The van der Waals surface area contributed by atoms with Crippen molar-refractivity contribution in [2.45, 2.75) is 6.42 Å². The molecule has 1 rings (SSSR count). The van der Waals surface area contributed by atoms with Crippen LogP contribution >= 0.6 is 0 Å². The van der Waals surface area contributed by atoms with Crippen LogP contribution in [0.15, 0.2) is 48.6 Å². The van der Waals surface area contributed by atoms with Crippen LogP contribution in [-0.4, -0.2) is 13.2 Å². The summed E-state index contributed by atoms with van der Waals surface area (Å²) >= 11 is 0. The number of allylic oxidation sites excluding steroid dienone is 4. The van der Waals surface area contributed by atoms with Crippen LogP contribution in [-0.2, 0) is 35.8 Å². The monoisotopic (exact) mass is 302 g/mol. The fourth-order valence-corrected chi connectivity index (χ4v) is 0.862. The Labute approximate surface area is 124 Å². The van der Waals surface area contributed by atoms with Gasteiger partial charge in [-0.25, -0.2) is 0 Å². The van der Waals surface area contributed by atoms with Crippen molar-refractivity contribution in [3.63, 3.8) is 0 Å². The molecule has 1 aliphatic carbocycles. The molecular formula is C14H14FeO4. The van der Waals surface area contributed by atoms with Crippen LogP contribution in [0.25, 0.3) is 0 Å². The molecule has 0 atom stereocenters. The van der Waals surface area contributed by atoms with Crippen LogP contribution in [0.5, 0.6) is 0 Å². The number of hydrogen-bond donors (Lipinski definition) is 0. The van der Waals surface area contributed by atoms with Crippen LogP contribution in [0.3, 0.4) is 0 Å². The van der Waals surface area contributed by atoms with Crippen molar-refractivity contribution in [2.24, 2.45) is 0 Å². The van der Waals surface area contributed by atoms with Crippen molar-refractivity contribution in [1.29, 1.82) is 0 Å². The smallest absolute Gasteiger partial charge is 0 e. The van der Waals surface area contributed by atoms with Crippen molar-refractivity contribution >= 4 is 0 Å². The first-order chi connectivity index (χ1) is 8.93. The molecule has 0 N–H and O–H groups in total. The van der Waals surface area contributed by atoms with E-state index in [-0.39, 0.29) is 17.1 Å². The average Bonchev–Trinajstić information content (AvgIpc) is 2.43. The third kappa shape index (κ3) is 22.3. The molecule has 19 heavy (non-hydrogen) atoms. The Balaban J connectivity index is -0.000000142. The zero-order valence-electron chi connectivity index (χ0n) is 10.3. The molecule has 0 spiro atoms. The van der Waals surface area contributed by atoms with E-state index in [0.717, 1.165) is 19.6 Å². The maximum absolute atomic E-state index is 7.50. The third-order valence-electron chi connectivity index (χ3n) is 1.59. The second-order valence-corrected chi connectivity index (χ2v) is 2.61. The summed E-state index contributed by atoms with van der Waals surface area (Å²) in [6.07, 6.45) is 12.9. The van der Waals surface area contributed by atoms with Gasteiger partial charge >= 0.3 is 33.9 Å². The Bertz CT molecular complexity index is 321. The second-order valence-electron chi connectivity index (χ2n) is 2.61. The molecule has 5 heteroatoms. The van der Waals surface area contributed by atoms with Gasteiger partial charge in [0.05, 0.1) is 13.2 Å². The van der Waals surface area contributed by atoms with Gasteiger partial charge in [-0.05, 0) is 12.0 Å². The Morgan fingerprint density at radius 2 is 1.68 bits per heavy atom. The van der Waals surface area contributed by atoms with Gasteiger partial charge in [0.25, 0.3) is 0 Å². The van der Waals surface area contributed by atoms with E-state index in [0.29, 0.717) is 0 Å². The van der Waals surface area contributed by atoms with Crippen molar-refractivity contribution in [1.82, 2.24) is 0 Å². The number of hydrogen-bond acceptors (Lipinski definition) is 1. The normalized spacial score (nSPS) is 9.47. The quantitative estimate of drug-likeness (QED) is 0.244. The predicted molar refractivity (Wildman–Crippen MR) is 63.8 cm³/mol. The molecule has 0 unspecified atom stereocenters. The summed E-state index contributed by atoms with van der Waals surface area (Å²) < 4.78 is 27.9. The summed E-state index contributed by atoms with van der Waals surface area (Å²) in [5.41, 5.74) is 1.28. The Morgan fingerprint density at radius 1 is 1.16 bits per heavy atom. The Kier molecular flexibility index (Phi) is 41.5. The zero-order valence-corrected chi connectivity index (χ0v) is 11.4. The van der Waals surface area contributed by atoms with Gasteiger partial charge in [0, 0.05) is 17.1 Å². The maximum atomic E-state index is 7.50. The molecule has 0 radical (unpaired) electrons. The van der Waals surface area contributed by atoms with Crippen LogP contribution < -0.4 is 0 Å². The van der Waals surface area contributed by atoms with E-state index in [1.165, 1.54) is 5.57 Å². The van der Waals surface area contributed by atoms with Crippen LogP contribution in [0, 0.1) is 20.0 Å². The fourth-order valence-electron chi connectivity index (χ4n) is 0.862. The second kappa shape index (κ2) is 30.1. The summed E-state index contributed by atoms with van der Waals surface area (Å²) in [4.78, 5) is 0. The minimum absolute atomic E-state index is 0. The first-order valence-electron chi connectivity index (χ1n) is 4.77. The Hall–Kier alpha value is -1.34. The molecule has 0 bridgehead atoms. The molecule has 4 nitrogen and oxygen atoms in total. The first-order valence-corrected chi connectivity index (χ1v) is 4.77. The van der Waals surface area contributed by atoms with Gasteiger partial charge in [-0.2, -0.15) is 0 Å². The molecule has 0 aliphatic heterocycles. The van der Waals surface area contributed by atoms with Crippen molar-refractivity contribution in [3.05, 3.63) is 68.6 Å². The van der Waals surface area contributed by atoms with Crippen molar-refractivity contribution in [3.8, 4) is 0 Å². The zero-order chi connectivity index (χ0) is 14.6. The molecule has 0 saturated heterocycles. The largest absolute Gasteiger partial charge is 0 e. The molecule has 0 fully saturated rings. The summed E-state index contributed by atoms with van der Waals surface area (Å²) in [6.45, 7) is 18.6. The molecule has 0 amide bonds. The van der Waals surface area contributed by atoms with Gasteiger partial charge in [0.1, 0.15) is 0 Å². The predicted octanol–water partition coefficient (Wildman–Crippen LogP) is 2.52. The summed E-state index contributed by atoms with van der Waals surface area (Å²) in [5, 5.41) is 0. The van der Waals surface area contributed by atoms with Crippen molar-refractivity contribution < 1.29 is 35.8 Å². The Morgan fingerprint density at radius 3 is 2.05 bits per heavy atom. The van der Waals surface area contributed by atoms with Gasteiger partial charge in [0.15, 0.2) is 0 Å². The standard InChI is InChI=1S/C11H14O.3CO.Fe/c1-2-3-4-5-9-12-10-11-7-6-8-11;3*1-2;/h2-4,6-8H,1,5,9-10H2;;;;/b4-3+;;;;. The first kappa shape index (κ1) is 26.3. The van der Waals surface area contributed by atoms with Crippen LogP contribution in [0.2, 0.25) is 0 Å². The van der Waals surface area contributed by atoms with E-state index in [4.69, 9.17) is 18.7 Å². The average molecular weight is 302 g/mol. The minimum atomic E-state index is 0. The van der Waals surface area contributed by atoms with E-state index in [2.05, 4.69) is 44.8 Å². The van der Waals surface area contributed by atoms with E-state index < -0.39 is 0 Å². The topological polar surface area (TPSA) is 68.9 Å². The van der Waals surface area contributed by atoms with E-state index in [1.54, 1.807) is 6.08 Å². The van der Waals surface area contributed by atoms with Crippen LogP contribution in [0.4, 0.5) is 0 Å². The fraction of sp³-hybridized carbons (Fsp3) is 0.214. The summed E-state index contributed by atoms with van der Waals surface area (Å²) in [7, 11) is 0. The van der Waals surface area contributed by atoms with E-state index >= 15 is 0 Å². The van der Waals surface area contributed by atoms with Gasteiger partial charge in [-0.15, -0.1) is 0 Å². The number of rotatable bonds is 6. The van der Waals surface area contributed by atoms with Gasteiger partial charge in [-0.3, -0.25) is 0 Å². The van der Waals surface area contributed by atoms with Crippen molar-refractivity contribution in [2.75, 3.05) is 13.2 Å². The van der Waals surface area contributed by atoms with Gasteiger partial charge < -0.3 is 4.74 Å². The van der Waals surface area contributed by atoms with Crippen LogP contribution in [0.1, 0.15) is 6.42 Å². The maximum Gasteiger partial charge on any atom is 0 e. The van der Waals surface area contributed by atoms with E-state index in [1.807, 2.05) is 12.2 Å². The molecule has 102 valence electrons. The van der Waals surface area contributed by atoms with Gasteiger partial charge in [0.2, 0.25) is 0 Å². The summed E-state index contributed by atoms with van der Waals surface area (Å²) in [6, 6.07) is 0. The molecular weight excluding hydrogens is 288 g/mol. The molecule has 1 aliphatic rings. The SMILES string of the molecule is C=C/C=C/CCOCC1=CC=C1.[C-]#[O+].[C-]#[O+].[C-]#[O+].[Fe]. The number of ether oxygens (including phenoxy) is 1. The molecule has 0 aromatic heterocycles. The van der Waals surface area contributed by atoms with E-state index in [9.17, 15) is 0 Å². The molecule has 0 aromatic carbocycles.